The van der Waals surface area contributed by atoms with Crippen molar-refractivity contribution in [3.63, 3.8) is 0 Å². The summed E-state index contributed by atoms with van der Waals surface area (Å²) < 4.78 is 49.7. The van der Waals surface area contributed by atoms with Crippen LogP contribution in [0.25, 0.3) is 0 Å². The van der Waals surface area contributed by atoms with Crippen molar-refractivity contribution in [2.45, 2.75) is 50.3 Å². The molecule has 0 aromatic carbocycles. The van der Waals surface area contributed by atoms with E-state index >= 15 is 0 Å². The van der Waals surface area contributed by atoms with Crippen LogP contribution in [0.3, 0.4) is 0 Å². The third-order valence-electron chi connectivity index (χ3n) is 2.70. The molecule has 1 aliphatic carbocycles. The van der Waals surface area contributed by atoms with E-state index in [0.717, 1.165) is 0 Å². The van der Waals surface area contributed by atoms with Gasteiger partial charge in [-0.3, -0.25) is 0 Å². The van der Waals surface area contributed by atoms with E-state index < -0.39 is 26.7 Å². The van der Waals surface area contributed by atoms with Crippen molar-refractivity contribution < 1.29 is 17.2 Å². The highest BCUT2D eigenvalue weighted by molar-refractivity contribution is 7.91. The molecule has 0 heterocycles. The van der Waals surface area contributed by atoms with Crippen LogP contribution in [0.2, 0.25) is 0 Å². The number of alkyl halides is 2. The average Bonchev–Trinajstić information content (AvgIpc) is 2.66. The predicted molar refractivity (Wildman–Crippen MR) is 49.8 cm³/mol. The number of sulfonamides is 1. The summed E-state index contributed by atoms with van der Waals surface area (Å²) in [6, 6.07) is -1.36. The van der Waals surface area contributed by atoms with Gasteiger partial charge < -0.3 is 0 Å². The molecule has 0 saturated heterocycles. The minimum absolute atomic E-state index is 0.546. The van der Waals surface area contributed by atoms with Crippen molar-refractivity contribution in [2.24, 2.45) is 0 Å². The van der Waals surface area contributed by atoms with E-state index in [1.165, 1.54) is 6.92 Å². The number of nitrogens with one attached hydrogen (secondary N) is 1. The molecule has 3 nitrogen and oxygen atoms in total. The lowest BCUT2D eigenvalue weighted by atomic mass is 10.2. The minimum Gasteiger partial charge on any atom is -0.212 e. The van der Waals surface area contributed by atoms with Gasteiger partial charge in [0.1, 0.15) is 0 Å². The molecule has 0 aromatic rings. The molecule has 1 aliphatic rings. The SMILES string of the molecule is C[C@@H](NS(=O)(=O)C1(C)CC1)C(C)(F)F. The molecule has 0 aliphatic heterocycles. The molecule has 1 atom stereocenters. The monoisotopic (exact) mass is 227 g/mol. The zero-order chi connectivity index (χ0) is 11.2. The summed E-state index contributed by atoms with van der Waals surface area (Å²) in [7, 11) is -3.60. The van der Waals surface area contributed by atoms with Gasteiger partial charge in [-0.25, -0.2) is 21.9 Å². The number of rotatable bonds is 4. The van der Waals surface area contributed by atoms with Gasteiger partial charge in [0.25, 0.3) is 5.92 Å². The molecular weight excluding hydrogens is 212 g/mol. The average molecular weight is 227 g/mol. The molecule has 6 heteroatoms. The Balaban J connectivity index is 2.70. The maximum absolute atomic E-state index is 12.7. The highest BCUT2D eigenvalue weighted by Gasteiger charge is 2.51. The molecule has 0 aromatic heterocycles. The van der Waals surface area contributed by atoms with Crippen LogP contribution in [-0.4, -0.2) is 25.1 Å². The normalized spacial score (nSPS) is 23.2. The summed E-state index contributed by atoms with van der Waals surface area (Å²) in [5.41, 5.74) is 0. The fourth-order valence-electron chi connectivity index (χ4n) is 0.923. The molecule has 0 amide bonds. The number of halogens is 2. The smallest absolute Gasteiger partial charge is 0.212 e. The Morgan fingerprint density at radius 2 is 1.86 bits per heavy atom. The van der Waals surface area contributed by atoms with Crippen molar-refractivity contribution in [3.05, 3.63) is 0 Å². The zero-order valence-electron chi connectivity index (χ0n) is 8.47. The second-order valence-electron chi connectivity index (χ2n) is 4.25. The largest absolute Gasteiger partial charge is 0.261 e. The van der Waals surface area contributed by atoms with Crippen molar-refractivity contribution in [1.82, 2.24) is 4.72 Å². The third-order valence-corrected chi connectivity index (χ3v) is 5.06. The quantitative estimate of drug-likeness (QED) is 0.791. The first-order valence-corrected chi connectivity index (χ1v) is 5.96. The summed E-state index contributed by atoms with van der Waals surface area (Å²) in [6.07, 6.45) is 1.09. The van der Waals surface area contributed by atoms with Crippen molar-refractivity contribution in [2.75, 3.05) is 0 Å². The summed E-state index contributed by atoms with van der Waals surface area (Å²) in [5.74, 6) is -3.03. The van der Waals surface area contributed by atoms with Gasteiger partial charge in [-0.2, -0.15) is 0 Å². The van der Waals surface area contributed by atoms with Crippen LogP contribution >= 0.6 is 0 Å². The van der Waals surface area contributed by atoms with E-state index in [-0.39, 0.29) is 0 Å². The summed E-state index contributed by atoms with van der Waals surface area (Å²) >= 11 is 0. The second kappa shape index (κ2) is 3.13. The van der Waals surface area contributed by atoms with Gasteiger partial charge >= 0.3 is 0 Å². The van der Waals surface area contributed by atoms with Gasteiger partial charge in [0, 0.05) is 6.92 Å². The van der Waals surface area contributed by atoms with Crippen LogP contribution in [0.5, 0.6) is 0 Å². The highest BCUT2D eigenvalue weighted by Crippen LogP contribution is 2.42. The maximum Gasteiger partial charge on any atom is 0.261 e. The van der Waals surface area contributed by atoms with Gasteiger partial charge in [0.2, 0.25) is 10.0 Å². The lowest BCUT2D eigenvalue weighted by Crippen LogP contribution is -2.47. The van der Waals surface area contributed by atoms with Gasteiger partial charge in [0.05, 0.1) is 10.8 Å². The Bertz CT molecular complexity index is 317. The van der Waals surface area contributed by atoms with E-state index in [2.05, 4.69) is 0 Å². The minimum atomic E-state index is -3.60. The molecule has 0 radical (unpaired) electrons. The van der Waals surface area contributed by atoms with E-state index in [4.69, 9.17) is 0 Å². The fraction of sp³-hybridized carbons (Fsp3) is 1.00. The van der Waals surface area contributed by atoms with Crippen LogP contribution in [-0.2, 0) is 10.0 Å². The number of hydrogen-bond donors (Lipinski definition) is 1. The molecule has 1 saturated carbocycles. The number of hydrogen-bond acceptors (Lipinski definition) is 2. The highest BCUT2D eigenvalue weighted by atomic mass is 32.2. The lowest BCUT2D eigenvalue weighted by molar-refractivity contribution is -0.00496. The Morgan fingerprint density at radius 3 is 2.14 bits per heavy atom. The molecule has 84 valence electrons. The van der Waals surface area contributed by atoms with Crippen molar-refractivity contribution >= 4 is 10.0 Å². The van der Waals surface area contributed by atoms with Crippen LogP contribution in [0, 0.1) is 0 Å². The van der Waals surface area contributed by atoms with Crippen LogP contribution in [0.1, 0.15) is 33.6 Å². The van der Waals surface area contributed by atoms with Crippen molar-refractivity contribution in [3.8, 4) is 0 Å². The fourth-order valence-corrected chi connectivity index (χ4v) is 2.52. The first-order valence-electron chi connectivity index (χ1n) is 4.48. The van der Waals surface area contributed by atoms with Gasteiger partial charge in [-0.1, -0.05) is 0 Å². The Hall–Kier alpha value is -0.230. The third kappa shape index (κ3) is 2.23. The van der Waals surface area contributed by atoms with Gasteiger partial charge in [-0.05, 0) is 26.7 Å². The first kappa shape index (κ1) is 11.8. The molecule has 0 bridgehead atoms. The van der Waals surface area contributed by atoms with Gasteiger partial charge in [0.15, 0.2) is 0 Å². The zero-order valence-corrected chi connectivity index (χ0v) is 9.29. The van der Waals surface area contributed by atoms with E-state index in [0.29, 0.717) is 19.8 Å². The Morgan fingerprint density at radius 1 is 1.43 bits per heavy atom. The molecule has 1 rings (SSSR count). The van der Waals surface area contributed by atoms with Crippen LogP contribution in [0.15, 0.2) is 0 Å². The Kier molecular flexibility index (Phi) is 2.65. The van der Waals surface area contributed by atoms with E-state index in [1.807, 2.05) is 4.72 Å². The standard InChI is InChI=1S/C8H15F2NO2S/c1-6(8(3,9)10)11-14(12,13)7(2)4-5-7/h6,11H,4-5H2,1-3H3/t6-/m1/s1. The molecule has 14 heavy (non-hydrogen) atoms. The maximum atomic E-state index is 12.7. The summed E-state index contributed by atoms with van der Waals surface area (Å²) in [5, 5.41) is 0. The summed E-state index contributed by atoms with van der Waals surface area (Å²) in [6.45, 7) is 3.44. The van der Waals surface area contributed by atoms with E-state index in [1.54, 1.807) is 6.92 Å². The lowest BCUT2D eigenvalue weighted by Gasteiger charge is -2.22. The molecule has 1 fully saturated rings. The first-order chi connectivity index (χ1) is 6.08. The van der Waals surface area contributed by atoms with Gasteiger partial charge in [-0.15, -0.1) is 0 Å². The second-order valence-corrected chi connectivity index (χ2v) is 6.48. The Labute approximate surface area is 82.9 Å². The van der Waals surface area contributed by atoms with Crippen LogP contribution < -0.4 is 4.72 Å². The molecular formula is C8H15F2NO2S. The van der Waals surface area contributed by atoms with Crippen molar-refractivity contribution in [1.29, 1.82) is 0 Å². The molecule has 1 N–H and O–H groups in total. The summed E-state index contributed by atoms with van der Waals surface area (Å²) in [4.78, 5) is 0. The topological polar surface area (TPSA) is 46.2 Å². The van der Waals surface area contributed by atoms with Crippen LogP contribution in [0.4, 0.5) is 8.78 Å². The molecule has 0 unspecified atom stereocenters. The van der Waals surface area contributed by atoms with E-state index in [9.17, 15) is 17.2 Å². The molecule has 0 spiro atoms. The predicted octanol–water partition coefficient (Wildman–Crippen LogP) is 1.50.